The van der Waals surface area contributed by atoms with Crippen LogP contribution in [0.25, 0.3) is 11.0 Å². The number of unbranched alkanes of at least 4 members (excludes halogenated alkanes) is 3. The molecule has 0 radical (unpaired) electrons. The van der Waals surface area contributed by atoms with E-state index in [1.165, 1.54) is 7.11 Å². The maximum atomic E-state index is 12.4. The van der Waals surface area contributed by atoms with E-state index in [0.717, 1.165) is 36.7 Å². The average Bonchev–Trinajstić information content (AvgIpc) is 3.01. The van der Waals surface area contributed by atoms with Crippen LogP contribution in [0.3, 0.4) is 0 Å². The number of fused-ring (bicyclic) bond motifs is 1. The molecule has 1 N–H and O–H groups in total. The largest absolute Gasteiger partial charge is 0.469 e. The number of carbonyl (C=O) groups is 2. The summed E-state index contributed by atoms with van der Waals surface area (Å²) in [5.41, 5.74) is 1.79. The van der Waals surface area contributed by atoms with Gasteiger partial charge in [-0.3, -0.25) is 14.5 Å². The highest BCUT2D eigenvalue weighted by Crippen LogP contribution is 2.18. The van der Waals surface area contributed by atoms with Crippen LogP contribution in [0.2, 0.25) is 0 Å². The Kier molecular flexibility index (Phi) is 6.78. The zero-order valence-corrected chi connectivity index (χ0v) is 14.4. The Balaban J connectivity index is 1.80. The Bertz CT molecular complexity index is 648. The topological polar surface area (TPSA) is 75.3 Å². The molecule has 0 bridgehead atoms. The summed E-state index contributed by atoms with van der Waals surface area (Å²) in [6, 6.07) is 7.75. The summed E-state index contributed by atoms with van der Waals surface area (Å²) in [7, 11) is 1.40. The molecule has 2 rings (SSSR count). The lowest BCUT2D eigenvalue weighted by molar-refractivity contribution is -0.140. The van der Waals surface area contributed by atoms with Gasteiger partial charge in [0, 0.05) is 19.4 Å². The number of methoxy groups -OCH3 is 1. The van der Waals surface area contributed by atoms with Crippen LogP contribution in [-0.4, -0.2) is 35.5 Å². The van der Waals surface area contributed by atoms with Crippen molar-refractivity contribution >= 4 is 28.9 Å². The molecule has 6 nitrogen and oxygen atoms in total. The van der Waals surface area contributed by atoms with Crippen LogP contribution in [-0.2, 0) is 14.3 Å². The van der Waals surface area contributed by atoms with Gasteiger partial charge in [-0.05, 0) is 31.9 Å². The van der Waals surface area contributed by atoms with Crippen molar-refractivity contribution in [3.05, 3.63) is 24.3 Å². The van der Waals surface area contributed by atoms with Crippen molar-refractivity contribution in [3.63, 3.8) is 0 Å². The molecular formula is C18H25N3O3. The maximum absolute atomic E-state index is 12.4. The van der Waals surface area contributed by atoms with Gasteiger partial charge in [-0.1, -0.05) is 25.0 Å². The van der Waals surface area contributed by atoms with Crippen molar-refractivity contribution in [3.8, 4) is 0 Å². The number of hydrogen-bond donors (Lipinski definition) is 1. The van der Waals surface area contributed by atoms with Gasteiger partial charge in [-0.15, -0.1) is 0 Å². The standard InChI is InChI=1S/C18H25N3O3/c1-3-21(18-19-14-10-8-9-11-15(14)20-18)16(22)12-6-4-5-7-13-17(23)24-2/h8-11H,3-7,12-13H2,1-2H3,(H,19,20). The molecule has 0 aliphatic carbocycles. The molecule has 1 aromatic heterocycles. The lowest BCUT2D eigenvalue weighted by atomic mass is 10.1. The number of anilines is 1. The zero-order chi connectivity index (χ0) is 17.4. The minimum absolute atomic E-state index is 0.0736. The van der Waals surface area contributed by atoms with Gasteiger partial charge in [-0.2, -0.15) is 0 Å². The lowest BCUT2D eigenvalue weighted by Crippen LogP contribution is -2.31. The van der Waals surface area contributed by atoms with Gasteiger partial charge >= 0.3 is 5.97 Å². The molecule has 130 valence electrons. The molecule has 24 heavy (non-hydrogen) atoms. The van der Waals surface area contributed by atoms with E-state index < -0.39 is 0 Å². The van der Waals surface area contributed by atoms with Crippen LogP contribution >= 0.6 is 0 Å². The second kappa shape index (κ2) is 9.05. The molecule has 1 aromatic carbocycles. The SMILES string of the molecule is CCN(C(=O)CCCCCCC(=O)OC)c1nc2ccccc2[nH]1. The predicted octanol–water partition coefficient (Wildman–Crippen LogP) is 3.43. The number of carbonyl (C=O) groups excluding carboxylic acids is 2. The van der Waals surface area contributed by atoms with Gasteiger partial charge < -0.3 is 9.72 Å². The number of para-hydroxylation sites is 2. The predicted molar refractivity (Wildman–Crippen MR) is 93.8 cm³/mol. The Labute approximate surface area is 142 Å². The second-order valence-electron chi connectivity index (χ2n) is 5.71. The summed E-state index contributed by atoms with van der Waals surface area (Å²) in [6.45, 7) is 2.53. The van der Waals surface area contributed by atoms with E-state index in [9.17, 15) is 9.59 Å². The summed E-state index contributed by atoms with van der Waals surface area (Å²) in [4.78, 5) is 32.8. The Morgan fingerprint density at radius 3 is 2.50 bits per heavy atom. The minimum atomic E-state index is -0.173. The number of esters is 1. The van der Waals surface area contributed by atoms with Gasteiger partial charge in [0.2, 0.25) is 11.9 Å². The van der Waals surface area contributed by atoms with Crippen LogP contribution < -0.4 is 4.90 Å². The molecule has 0 atom stereocenters. The molecule has 6 heteroatoms. The van der Waals surface area contributed by atoms with E-state index in [1.807, 2.05) is 31.2 Å². The Morgan fingerprint density at radius 2 is 1.83 bits per heavy atom. The summed E-state index contributed by atoms with van der Waals surface area (Å²) in [5, 5.41) is 0. The normalized spacial score (nSPS) is 10.8. The number of aromatic amines is 1. The summed E-state index contributed by atoms with van der Waals surface area (Å²) >= 11 is 0. The molecule has 0 aliphatic heterocycles. The first-order chi connectivity index (χ1) is 11.7. The van der Waals surface area contributed by atoms with E-state index in [2.05, 4.69) is 14.7 Å². The van der Waals surface area contributed by atoms with E-state index in [1.54, 1.807) is 4.90 Å². The molecule has 0 saturated heterocycles. The van der Waals surface area contributed by atoms with Crippen LogP contribution in [0, 0.1) is 0 Å². The highest BCUT2D eigenvalue weighted by molar-refractivity contribution is 5.93. The van der Waals surface area contributed by atoms with E-state index >= 15 is 0 Å². The number of benzene rings is 1. The quantitative estimate of drug-likeness (QED) is 0.564. The van der Waals surface area contributed by atoms with Gasteiger partial charge in [0.15, 0.2) is 0 Å². The van der Waals surface area contributed by atoms with E-state index in [4.69, 9.17) is 0 Å². The summed E-state index contributed by atoms with van der Waals surface area (Å²) in [5.74, 6) is 0.507. The number of hydrogen-bond acceptors (Lipinski definition) is 4. The van der Waals surface area contributed by atoms with Crippen LogP contribution in [0.4, 0.5) is 5.95 Å². The van der Waals surface area contributed by atoms with Crippen LogP contribution in [0.5, 0.6) is 0 Å². The van der Waals surface area contributed by atoms with Crippen molar-refractivity contribution in [1.29, 1.82) is 0 Å². The maximum Gasteiger partial charge on any atom is 0.305 e. The van der Waals surface area contributed by atoms with Crippen molar-refractivity contribution in [2.24, 2.45) is 0 Å². The zero-order valence-electron chi connectivity index (χ0n) is 14.4. The summed E-state index contributed by atoms with van der Waals surface area (Å²) in [6.07, 6.45) is 4.42. The number of imidazole rings is 1. The van der Waals surface area contributed by atoms with Crippen molar-refractivity contribution in [2.45, 2.75) is 45.4 Å². The Morgan fingerprint density at radius 1 is 1.12 bits per heavy atom. The Hall–Kier alpha value is -2.37. The monoisotopic (exact) mass is 331 g/mol. The number of H-pyrrole nitrogens is 1. The third-order valence-corrected chi connectivity index (χ3v) is 4.00. The van der Waals surface area contributed by atoms with E-state index in [-0.39, 0.29) is 11.9 Å². The van der Waals surface area contributed by atoms with Crippen molar-refractivity contribution < 1.29 is 14.3 Å². The number of rotatable bonds is 9. The first-order valence-corrected chi connectivity index (χ1v) is 8.47. The molecular weight excluding hydrogens is 306 g/mol. The van der Waals surface area contributed by atoms with Crippen molar-refractivity contribution in [1.82, 2.24) is 9.97 Å². The van der Waals surface area contributed by atoms with Crippen LogP contribution in [0.1, 0.15) is 45.4 Å². The summed E-state index contributed by atoms with van der Waals surface area (Å²) < 4.78 is 4.60. The smallest absolute Gasteiger partial charge is 0.305 e. The lowest BCUT2D eigenvalue weighted by Gasteiger charge is -2.17. The first-order valence-electron chi connectivity index (χ1n) is 8.47. The molecule has 0 aliphatic rings. The van der Waals surface area contributed by atoms with Crippen molar-refractivity contribution in [2.75, 3.05) is 18.6 Å². The molecule has 1 amide bonds. The molecule has 2 aromatic rings. The molecule has 0 saturated carbocycles. The van der Waals surface area contributed by atoms with Gasteiger partial charge in [0.1, 0.15) is 0 Å². The molecule has 0 spiro atoms. The number of nitrogens with one attached hydrogen (secondary N) is 1. The fourth-order valence-electron chi connectivity index (χ4n) is 2.65. The highest BCUT2D eigenvalue weighted by atomic mass is 16.5. The third-order valence-electron chi connectivity index (χ3n) is 4.00. The number of ether oxygens (including phenoxy) is 1. The van der Waals surface area contributed by atoms with Gasteiger partial charge in [0.05, 0.1) is 18.1 Å². The fraction of sp³-hybridized carbons (Fsp3) is 0.500. The van der Waals surface area contributed by atoms with Crippen LogP contribution in [0.15, 0.2) is 24.3 Å². The third kappa shape index (κ3) is 4.81. The first kappa shape index (κ1) is 18.0. The fourth-order valence-corrected chi connectivity index (χ4v) is 2.65. The average molecular weight is 331 g/mol. The number of amides is 1. The molecule has 1 heterocycles. The second-order valence-corrected chi connectivity index (χ2v) is 5.71. The number of nitrogens with zero attached hydrogens (tertiary/aromatic N) is 2. The van der Waals surface area contributed by atoms with E-state index in [0.29, 0.717) is 25.3 Å². The number of aromatic nitrogens is 2. The van der Waals surface area contributed by atoms with Gasteiger partial charge in [-0.25, -0.2) is 4.98 Å². The molecule has 0 unspecified atom stereocenters. The highest BCUT2D eigenvalue weighted by Gasteiger charge is 2.16. The molecule has 0 fully saturated rings. The minimum Gasteiger partial charge on any atom is -0.469 e. The van der Waals surface area contributed by atoms with Gasteiger partial charge in [0.25, 0.3) is 0 Å².